The molecule has 20 heavy (non-hydrogen) atoms. The maximum absolute atomic E-state index is 6.57. The normalized spacial score (nSPS) is 14.9. The van der Waals surface area contributed by atoms with Crippen LogP contribution in [0, 0.1) is 0 Å². The van der Waals surface area contributed by atoms with E-state index in [1.807, 2.05) is 0 Å². The first-order valence-electron chi connectivity index (χ1n) is 7.28. The standard InChI is InChI=1S/C18H20OSi/c1-20(17-12-4-2-5-13-17,18-14-6-3-7-15-18)19-16-10-8-9-11-16/h2-7,10,12-15H,8-9,11H2,1H3. The molecule has 0 unspecified atom stereocenters. The van der Waals surface area contributed by atoms with Gasteiger partial charge in [0.2, 0.25) is 0 Å². The van der Waals surface area contributed by atoms with Crippen LogP contribution in [-0.2, 0) is 4.43 Å². The zero-order valence-electron chi connectivity index (χ0n) is 11.9. The molecule has 3 rings (SSSR count). The first-order chi connectivity index (χ1) is 9.79. The van der Waals surface area contributed by atoms with Gasteiger partial charge in [-0.15, -0.1) is 0 Å². The van der Waals surface area contributed by atoms with Gasteiger partial charge in [0.25, 0.3) is 0 Å². The van der Waals surface area contributed by atoms with Gasteiger partial charge in [-0.05, 0) is 35.8 Å². The molecule has 0 saturated heterocycles. The molecule has 2 aromatic rings. The maximum Gasteiger partial charge on any atom is 0.311 e. The van der Waals surface area contributed by atoms with Crippen LogP contribution in [0.25, 0.3) is 0 Å². The molecular formula is C18H20OSi. The average Bonchev–Trinajstić information content (AvgIpc) is 3.02. The summed E-state index contributed by atoms with van der Waals surface area (Å²) in [5.41, 5.74) is 0. The lowest BCUT2D eigenvalue weighted by Crippen LogP contribution is -2.58. The minimum atomic E-state index is -2.13. The minimum absolute atomic E-state index is 1.09. The van der Waals surface area contributed by atoms with Gasteiger partial charge in [-0.1, -0.05) is 60.7 Å². The highest BCUT2D eigenvalue weighted by molar-refractivity contribution is 6.96. The Balaban J connectivity index is 2.03. The lowest BCUT2D eigenvalue weighted by Gasteiger charge is -2.30. The molecule has 0 aromatic heterocycles. The van der Waals surface area contributed by atoms with Gasteiger partial charge in [-0.3, -0.25) is 0 Å². The average molecular weight is 280 g/mol. The summed E-state index contributed by atoms with van der Waals surface area (Å²) in [5, 5.41) is 2.66. The Hall–Kier alpha value is -1.80. The Morgan fingerprint density at radius 3 is 1.85 bits per heavy atom. The fourth-order valence-corrected chi connectivity index (χ4v) is 5.73. The highest BCUT2D eigenvalue weighted by atomic mass is 28.4. The van der Waals surface area contributed by atoms with E-state index in [0.29, 0.717) is 0 Å². The van der Waals surface area contributed by atoms with Gasteiger partial charge in [0.15, 0.2) is 0 Å². The summed E-state index contributed by atoms with van der Waals surface area (Å²) in [4.78, 5) is 0. The lowest BCUT2D eigenvalue weighted by atomic mass is 10.4. The van der Waals surface area contributed by atoms with E-state index in [0.717, 1.165) is 12.8 Å². The molecule has 0 radical (unpaired) electrons. The molecule has 102 valence electrons. The van der Waals surface area contributed by atoms with Crippen molar-refractivity contribution in [3.05, 3.63) is 72.5 Å². The highest BCUT2D eigenvalue weighted by Gasteiger charge is 2.36. The van der Waals surface area contributed by atoms with Crippen molar-refractivity contribution in [2.45, 2.75) is 25.8 Å². The van der Waals surface area contributed by atoms with E-state index in [2.05, 4.69) is 73.3 Å². The Labute approximate surface area is 122 Å². The number of hydrogen-bond donors (Lipinski definition) is 0. The van der Waals surface area contributed by atoms with Crippen molar-refractivity contribution >= 4 is 18.7 Å². The fourth-order valence-electron chi connectivity index (χ4n) is 2.79. The Kier molecular flexibility index (Phi) is 3.74. The second-order valence-corrected chi connectivity index (χ2v) is 8.86. The molecule has 0 saturated carbocycles. The molecule has 0 spiro atoms. The van der Waals surface area contributed by atoms with Gasteiger partial charge in [-0.2, -0.15) is 0 Å². The van der Waals surface area contributed by atoms with Crippen LogP contribution in [0.3, 0.4) is 0 Å². The molecule has 1 aliphatic rings. The van der Waals surface area contributed by atoms with Crippen molar-refractivity contribution in [3.8, 4) is 0 Å². The summed E-state index contributed by atoms with van der Waals surface area (Å²) in [6.07, 6.45) is 5.73. The molecule has 2 aromatic carbocycles. The van der Waals surface area contributed by atoms with Crippen LogP contribution in [0.4, 0.5) is 0 Å². The molecule has 0 fully saturated rings. The lowest BCUT2D eigenvalue weighted by molar-refractivity contribution is 0.418. The van der Waals surface area contributed by atoms with Crippen LogP contribution in [0.15, 0.2) is 72.5 Å². The predicted molar refractivity (Wildman–Crippen MR) is 86.8 cm³/mol. The third-order valence-corrected chi connectivity index (χ3v) is 7.52. The second-order valence-electron chi connectivity index (χ2n) is 5.43. The van der Waals surface area contributed by atoms with Crippen LogP contribution in [-0.4, -0.2) is 8.32 Å². The van der Waals surface area contributed by atoms with Gasteiger partial charge in [0.05, 0.1) is 5.76 Å². The SMILES string of the molecule is C[Si](OC1=CCCC1)(c1ccccc1)c1ccccc1. The Morgan fingerprint density at radius 2 is 1.40 bits per heavy atom. The zero-order valence-corrected chi connectivity index (χ0v) is 12.9. The summed E-state index contributed by atoms with van der Waals surface area (Å²) in [6.45, 7) is 2.30. The van der Waals surface area contributed by atoms with E-state index in [1.54, 1.807) is 0 Å². The van der Waals surface area contributed by atoms with Crippen LogP contribution in [0.5, 0.6) is 0 Å². The van der Waals surface area contributed by atoms with E-state index < -0.39 is 8.32 Å². The molecule has 2 heteroatoms. The first kappa shape index (κ1) is 13.2. The summed E-state index contributed by atoms with van der Waals surface area (Å²) >= 11 is 0. The Bertz CT molecular complexity index is 550. The van der Waals surface area contributed by atoms with Gasteiger partial charge < -0.3 is 4.43 Å². The molecule has 0 aliphatic heterocycles. The minimum Gasteiger partial charge on any atom is -0.538 e. The van der Waals surface area contributed by atoms with Gasteiger partial charge in [-0.25, -0.2) is 0 Å². The van der Waals surface area contributed by atoms with Crippen LogP contribution < -0.4 is 10.4 Å². The molecule has 0 amide bonds. The van der Waals surface area contributed by atoms with Gasteiger partial charge >= 0.3 is 8.32 Å². The summed E-state index contributed by atoms with van der Waals surface area (Å²) < 4.78 is 6.57. The highest BCUT2D eigenvalue weighted by Crippen LogP contribution is 2.22. The van der Waals surface area contributed by atoms with Gasteiger partial charge in [0.1, 0.15) is 0 Å². The fraction of sp³-hybridized carbons (Fsp3) is 0.222. The number of benzene rings is 2. The smallest absolute Gasteiger partial charge is 0.311 e. The van der Waals surface area contributed by atoms with Crippen LogP contribution >= 0.6 is 0 Å². The van der Waals surface area contributed by atoms with Crippen molar-refractivity contribution in [1.29, 1.82) is 0 Å². The van der Waals surface area contributed by atoms with Crippen molar-refractivity contribution < 1.29 is 4.43 Å². The summed E-state index contributed by atoms with van der Waals surface area (Å²) in [7, 11) is -2.13. The summed E-state index contributed by atoms with van der Waals surface area (Å²) in [6, 6.07) is 21.4. The zero-order chi connectivity index (χ0) is 13.8. The van der Waals surface area contributed by atoms with Crippen LogP contribution in [0.2, 0.25) is 6.55 Å². The molecule has 0 heterocycles. The molecule has 0 bridgehead atoms. The quantitative estimate of drug-likeness (QED) is 0.779. The largest absolute Gasteiger partial charge is 0.538 e. The molecule has 0 N–H and O–H groups in total. The van der Waals surface area contributed by atoms with Crippen molar-refractivity contribution in [1.82, 2.24) is 0 Å². The van der Waals surface area contributed by atoms with Crippen molar-refractivity contribution in [3.63, 3.8) is 0 Å². The second kappa shape index (κ2) is 5.67. The molecular weight excluding hydrogens is 260 g/mol. The van der Waals surface area contributed by atoms with Crippen molar-refractivity contribution in [2.24, 2.45) is 0 Å². The van der Waals surface area contributed by atoms with E-state index in [9.17, 15) is 0 Å². The molecule has 1 nitrogen and oxygen atoms in total. The van der Waals surface area contributed by atoms with E-state index in [-0.39, 0.29) is 0 Å². The van der Waals surface area contributed by atoms with E-state index in [4.69, 9.17) is 4.43 Å². The number of allylic oxidation sites excluding steroid dienone is 2. The molecule has 0 atom stereocenters. The maximum atomic E-state index is 6.57. The Morgan fingerprint density at radius 1 is 0.850 bits per heavy atom. The van der Waals surface area contributed by atoms with Crippen molar-refractivity contribution in [2.75, 3.05) is 0 Å². The van der Waals surface area contributed by atoms with Crippen LogP contribution in [0.1, 0.15) is 19.3 Å². The number of rotatable bonds is 4. The third-order valence-electron chi connectivity index (χ3n) is 3.98. The summed E-state index contributed by atoms with van der Waals surface area (Å²) in [5.74, 6) is 1.19. The number of hydrogen-bond acceptors (Lipinski definition) is 1. The topological polar surface area (TPSA) is 9.23 Å². The predicted octanol–water partition coefficient (Wildman–Crippen LogP) is 3.46. The third kappa shape index (κ3) is 2.56. The first-order valence-corrected chi connectivity index (χ1v) is 9.69. The van der Waals surface area contributed by atoms with E-state index in [1.165, 1.54) is 22.6 Å². The molecule has 1 aliphatic carbocycles. The monoisotopic (exact) mass is 280 g/mol. The van der Waals surface area contributed by atoms with E-state index >= 15 is 0 Å². The van der Waals surface area contributed by atoms with Gasteiger partial charge in [0, 0.05) is 6.42 Å².